The maximum Gasteiger partial charge on any atom is 0.193 e. The molecule has 0 radical (unpaired) electrons. The number of aromatic nitrogens is 2. The molecule has 138 valence electrons. The van der Waals surface area contributed by atoms with Crippen LogP contribution in [0.3, 0.4) is 0 Å². The molecular formula is C18H21ClIN5O. The van der Waals surface area contributed by atoms with Gasteiger partial charge in [0.05, 0.1) is 29.5 Å². The number of hydrogen-bond donors (Lipinski definition) is 2. The quantitative estimate of drug-likeness (QED) is 0.238. The van der Waals surface area contributed by atoms with Crippen molar-refractivity contribution in [3.8, 4) is 5.75 Å². The summed E-state index contributed by atoms with van der Waals surface area (Å²) in [4.78, 5) is 8.72. The van der Waals surface area contributed by atoms with Crippen molar-refractivity contribution in [1.29, 1.82) is 0 Å². The molecule has 6 nitrogen and oxygen atoms in total. The van der Waals surface area contributed by atoms with Crippen molar-refractivity contribution in [2.45, 2.75) is 13.0 Å². The predicted octanol–water partition coefficient (Wildman–Crippen LogP) is 4.13. The van der Waals surface area contributed by atoms with Crippen LogP contribution in [0.5, 0.6) is 5.75 Å². The van der Waals surface area contributed by atoms with Crippen LogP contribution in [0.25, 0.3) is 11.0 Å². The summed E-state index contributed by atoms with van der Waals surface area (Å²) < 4.78 is 7.24. The van der Waals surface area contributed by atoms with Crippen LogP contribution in [0.4, 0.5) is 5.69 Å². The molecule has 3 aromatic rings. The van der Waals surface area contributed by atoms with Gasteiger partial charge in [-0.15, -0.1) is 24.0 Å². The molecule has 0 aliphatic carbocycles. The van der Waals surface area contributed by atoms with E-state index in [-0.39, 0.29) is 24.0 Å². The molecule has 0 bridgehead atoms. The molecule has 0 spiro atoms. The molecule has 1 heterocycles. The SMILES string of the molecule is COc1ccc(NC(N)=NCCCn2cnc3ccccc32)cc1Cl.I. The highest BCUT2D eigenvalue weighted by molar-refractivity contribution is 14.0. The van der Waals surface area contributed by atoms with E-state index in [1.807, 2.05) is 30.6 Å². The number of para-hydroxylation sites is 2. The number of anilines is 1. The van der Waals surface area contributed by atoms with E-state index < -0.39 is 0 Å². The summed E-state index contributed by atoms with van der Waals surface area (Å²) in [5, 5.41) is 3.55. The van der Waals surface area contributed by atoms with Crippen LogP contribution >= 0.6 is 35.6 Å². The molecule has 0 aliphatic heterocycles. The highest BCUT2D eigenvalue weighted by atomic mass is 127. The van der Waals surface area contributed by atoms with Crippen LogP contribution in [0, 0.1) is 0 Å². The Morgan fingerprint density at radius 2 is 2.12 bits per heavy atom. The molecule has 0 atom stereocenters. The van der Waals surface area contributed by atoms with Crippen molar-refractivity contribution in [3.05, 3.63) is 53.8 Å². The van der Waals surface area contributed by atoms with Gasteiger partial charge < -0.3 is 20.4 Å². The van der Waals surface area contributed by atoms with E-state index in [1.54, 1.807) is 19.2 Å². The van der Waals surface area contributed by atoms with Crippen LogP contribution in [0.2, 0.25) is 5.02 Å². The number of benzene rings is 2. The van der Waals surface area contributed by atoms with Crippen molar-refractivity contribution in [3.63, 3.8) is 0 Å². The van der Waals surface area contributed by atoms with Crippen LogP contribution < -0.4 is 15.8 Å². The minimum atomic E-state index is 0. The molecule has 0 amide bonds. The number of ether oxygens (including phenoxy) is 1. The van der Waals surface area contributed by atoms with Gasteiger partial charge in [0.1, 0.15) is 5.75 Å². The lowest BCUT2D eigenvalue weighted by atomic mass is 10.3. The molecule has 0 unspecified atom stereocenters. The minimum absolute atomic E-state index is 0. The molecule has 3 N–H and O–H groups in total. The Morgan fingerprint density at radius 1 is 1.31 bits per heavy atom. The van der Waals surface area contributed by atoms with E-state index in [0.29, 0.717) is 23.3 Å². The van der Waals surface area contributed by atoms with E-state index in [2.05, 4.69) is 25.9 Å². The van der Waals surface area contributed by atoms with Crippen molar-refractivity contribution < 1.29 is 4.74 Å². The summed E-state index contributed by atoms with van der Waals surface area (Å²) in [5.74, 6) is 0.979. The van der Waals surface area contributed by atoms with Crippen molar-refractivity contribution in [2.24, 2.45) is 10.7 Å². The molecule has 3 rings (SSSR count). The third-order valence-electron chi connectivity index (χ3n) is 3.79. The Hall–Kier alpha value is -2.00. The van der Waals surface area contributed by atoms with Gasteiger partial charge in [-0.2, -0.15) is 0 Å². The maximum absolute atomic E-state index is 6.09. The maximum atomic E-state index is 6.09. The smallest absolute Gasteiger partial charge is 0.193 e. The second kappa shape index (κ2) is 9.63. The topological polar surface area (TPSA) is 77.5 Å². The number of nitrogens with one attached hydrogen (secondary N) is 1. The first kappa shape index (κ1) is 20.3. The van der Waals surface area contributed by atoms with E-state index in [0.717, 1.165) is 29.7 Å². The predicted molar refractivity (Wildman–Crippen MR) is 118 cm³/mol. The third-order valence-corrected chi connectivity index (χ3v) is 4.09. The molecule has 2 aromatic carbocycles. The van der Waals surface area contributed by atoms with Crippen LogP contribution in [0.1, 0.15) is 6.42 Å². The summed E-state index contributed by atoms with van der Waals surface area (Å²) in [6, 6.07) is 13.4. The van der Waals surface area contributed by atoms with Gasteiger partial charge >= 0.3 is 0 Å². The molecule has 26 heavy (non-hydrogen) atoms. The molecule has 0 aliphatic rings. The largest absolute Gasteiger partial charge is 0.495 e. The summed E-state index contributed by atoms with van der Waals surface area (Å²) in [6.07, 6.45) is 2.72. The van der Waals surface area contributed by atoms with Gasteiger partial charge in [0.15, 0.2) is 5.96 Å². The molecule has 0 fully saturated rings. The fraction of sp³-hybridized carbons (Fsp3) is 0.222. The second-order valence-corrected chi connectivity index (χ2v) is 5.93. The fourth-order valence-corrected chi connectivity index (χ4v) is 2.82. The number of fused-ring (bicyclic) bond motifs is 1. The number of rotatable bonds is 6. The van der Waals surface area contributed by atoms with E-state index in [1.165, 1.54) is 0 Å². The molecule has 0 saturated carbocycles. The number of nitrogens with zero attached hydrogens (tertiary/aromatic N) is 3. The first-order valence-electron chi connectivity index (χ1n) is 7.98. The summed E-state index contributed by atoms with van der Waals surface area (Å²) >= 11 is 6.09. The van der Waals surface area contributed by atoms with E-state index in [9.17, 15) is 0 Å². The number of halogens is 2. The number of hydrogen-bond acceptors (Lipinski definition) is 3. The lowest BCUT2D eigenvalue weighted by molar-refractivity contribution is 0.415. The van der Waals surface area contributed by atoms with Crippen LogP contribution in [-0.4, -0.2) is 29.2 Å². The van der Waals surface area contributed by atoms with Crippen molar-refractivity contribution in [1.82, 2.24) is 9.55 Å². The normalized spacial score (nSPS) is 11.2. The Bertz CT molecular complexity index is 896. The lowest BCUT2D eigenvalue weighted by Gasteiger charge is -2.08. The lowest BCUT2D eigenvalue weighted by Crippen LogP contribution is -2.23. The summed E-state index contributed by atoms with van der Waals surface area (Å²) in [6.45, 7) is 1.46. The van der Waals surface area contributed by atoms with Gasteiger partial charge in [-0.25, -0.2) is 4.98 Å². The highest BCUT2D eigenvalue weighted by Gasteiger charge is 2.03. The third kappa shape index (κ3) is 5.01. The molecule has 8 heteroatoms. The van der Waals surface area contributed by atoms with Crippen LogP contribution in [0.15, 0.2) is 53.8 Å². The number of guanidine groups is 1. The van der Waals surface area contributed by atoms with Gasteiger partial charge in [-0.1, -0.05) is 23.7 Å². The monoisotopic (exact) mass is 485 g/mol. The Balaban J connectivity index is 0.00000243. The van der Waals surface area contributed by atoms with Gasteiger partial charge in [-0.3, -0.25) is 4.99 Å². The Morgan fingerprint density at radius 3 is 2.88 bits per heavy atom. The number of nitrogens with two attached hydrogens (primary N) is 1. The minimum Gasteiger partial charge on any atom is -0.495 e. The van der Waals surface area contributed by atoms with Gasteiger partial charge in [-0.05, 0) is 36.8 Å². The fourth-order valence-electron chi connectivity index (χ4n) is 2.56. The molecule has 1 aromatic heterocycles. The van der Waals surface area contributed by atoms with Crippen molar-refractivity contribution >= 4 is 58.3 Å². The number of methoxy groups -OCH3 is 1. The zero-order valence-corrected chi connectivity index (χ0v) is 17.4. The summed E-state index contributed by atoms with van der Waals surface area (Å²) in [5.41, 5.74) is 8.83. The van der Waals surface area contributed by atoms with Crippen LogP contribution in [-0.2, 0) is 6.54 Å². The first-order valence-corrected chi connectivity index (χ1v) is 8.35. The van der Waals surface area contributed by atoms with Crippen molar-refractivity contribution in [2.75, 3.05) is 19.0 Å². The average molecular weight is 486 g/mol. The molecule has 0 saturated heterocycles. The van der Waals surface area contributed by atoms with E-state index in [4.69, 9.17) is 22.1 Å². The standard InChI is InChI=1S/C18H20ClN5O.HI/c1-25-17-8-7-13(11-14(17)19)23-18(20)21-9-4-10-24-12-22-15-5-2-3-6-16(15)24;/h2-3,5-8,11-12H,4,9-10H2,1H3,(H3,20,21,23);1H. The Kier molecular flexibility index (Phi) is 7.52. The average Bonchev–Trinajstić information content (AvgIpc) is 3.02. The number of imidazole rings is 1. The molecular weight excluding hydrogens is 465 g/mol. The zero-order valence-electron chi connectivity index (χ0n) is 14.4. The Labute approximate surface area is 174 Å². The zero-order chi connectivity index (χ0) is 17.6. The number of aliphatic imine (C=N–C) groups is 1. The summed E-state index contributed by atoms with van der Waals surface area (Å²) in [7, 11) is 1.58. The first-order chi connectivity index (χ1) is 12.2. The van der Waals surface area contributed by atoms with E-state index >= 15 is 0 Å². The van der Waals surface area contributed by atoms with Gasteiger partial charge in [0.2, 0.25) is 0 Å². The second-order valence-electron chi connectivity index (χ2n) is 5.52. The highest BCUT2D eigenvalue weighted by Crippen LogP contribution is 2.27. The van der Waals surface area contributed by atoms with Gasteiger partial charge in [0.25, 0.3) is 0 Å². The van der Waals surface area contributed by atoms with Gasteiger partial charge in [0, 0.05) is 18.8 Å². The number of aryl methyl sites for hydroxylation is 1.